The summed E-state index contributed by atoms with van der Waals surface area (Å²) in [6.45, 7) is 1.32. The quantitative estimate of drug-likeness (QED) is 0.898. The molecular weight excluding hydrogens is 330 g/mol. The number of carbonyl (C=O) groups excluding carboxylic acids is 1. The van der Waals surface area contributed by atoms with Gasteiger partial charge in [0.1, 0.15) is 6.04 Å². The standard InChI is InChI=1S/C13H12BrNO3S/c1-7(16)15-10(13(17)18)6-8-2-4-11-9(8)3-5-12(14)19-11/h2-5,10H,6H2,1H3,(H,15,16)(H,17,18). The minimum atomic E-state index is -1.02. The van der Waals surface area contributed by atoms with E-state index in [-0.39, 0.29) is 12.3 Å². The Balaban J connectivity index is 2.25. The minimum Gasteiger partial charge on any atom is -0.480 e. The second kappa shape index (κ2) is 5.71. The monoisotopic (exact) mass is 341 g/mol. The molecule has 2 rings (SSSR count). The van der Waals surface area contributed by atoms with E-state index >= 15 is 0 Å². The Morgan fingerprint density at radius 3 is 2.74 bits per heavy atom. The van der Waals surface area contributed by atoms with Crippen molar-refractivity contribution in [3.05, 3.63) is 33.6 Å². The fourth-order valence-electron chi connectivity index (χ4n) is 1.92. The minimum absolute atomic E-state index is 0.284. The molecule has 0 radical (unpaired) electrons. The number of fused-ring (bicyclic) bond motifs is 1. The summed E-state index contributed by atoms with van der Waals surface area (Å²) in [5, 5.41) is 11.6. The number of amides is 1. The molecule has 0 aromatic heterocycles. The maximum atomic E-state index is 11.1. The Morgan fingerprint density at radius 2 is 2.11 bits per heavy atom. The van der Waals surface area contributed by atoms with Crippen LogP contribution in [-0.4, -0.2) is 23.0 Å². The van der Waals surface area contributed by atoms with Gasteiger partial charge in [-0.1, -0.05) is 12.1 Å². The van der Waals surface area contributed by atoms with Gasteiger partial charge in [0, 0.05) is 18.2 Å². The summed E-state index contributed by atoms with van der Waals surface area (Å²) in [4.78, 5) is 23.2. The average molecular weight is 342 g/mol. The molecule has 0 saturated heterocycles. The molecule has 1 aliphatic heterocycles. The zero-order valence-corrected chi connectivity index (χ0v) is 12.5. The lowest BCUT2D eigenvalue weighted by Crippen LogP contribution is -2.41. The third-order valence-corrected chi connectivity index (χ3v) is 4.39. The van der Waals surface area contributed by atoms with Gasteiger partial charge in [0.05, 0.1) is 3.79 Å². The number of hydrogen-bond acceptors (Lipinski definition) is 3. The van der Waals surface area contributed by atoms with E-state index in [0.29, 0.717) is 0 Å². The van der Waals surface area contributed by atoms with Gasteiger partial charge in [0.2, 0.25) is 5.91 Å². The molecule has 6 heteroatoms. The van der Waals surface area contributed by atoms with Crippen LogP contribution in [0.15, 0.2) is 28.1 Å². The number of rotatable bonds is 4. The Hall–Kier alpha value is -1.40. The van der Waals surface area contributed by atoms with E-state index in [9.17, 15) is 9.59 Å². The molecule has 2 N–H and O–H groups in total. The Bertz CT molecular complexity index is 596. The summed E-state index contributed by atoms with van der Waals surface area (Å²) in [6, 6.07) is 6.87. The molecule has 19 heavy (non-hydrogen) atoms. The van der Waals surface area contributed by atoms with Crippen molar-refractivity contribution in [1.29, 1.82) is 0 Å². The van der Waals surface area contributed by atoms with Crippen LogP contribution < -0.4 is 5.32 Å². The Kier molecular flexibility index (Phi) is 4.21. The van der Waals surface area contributed by atoms with Crippen LogP contribution in [0.3, 0.4) is 0 Å². The summed E-state index contributed by atoms with van der Waals surface area (Å²) in [7, 11) is 0. The molecule has 0 fully saturated rings. The SMILES string of the molecule is CC(=O)NC(Cc1ccc2sc(Br)ccc1-2)C(=O)O. The fraction of sp³-hybridized carbons (Fsp3) is 0.231. The molecule has 0 spiro atoms. The van der Waals surface area contributed by atoms with Crippen molar-refractivity contribution < 1.29 is 14.7 Å². The van der Waals surface area contributed by atoms with Crippen molar-refractivity contribution in [3.8, 4) is 10.4 Å². The number of nitrogens with one attached hydrogen (secondary N) is 1. The number of aliphatic carboxylic acids is 1. The van der Waals surface area contributed by atoms with Crippen LogP contribution in [0.2, 0.25) is 0 Å². The highest BCUT2D eigenvalue weighted by Crippen LogP contribution is 2.35. The largest absolute Gasteiger partial charge is 0.480 e. The van der Waals surface area contributed by atoms with Crippen molar-refractivity contribution >= 4 is 39.1 Å². The van der Waals surface area contributed by atoms with Crippen LogP contribution >= 0.6 is 27.3 Å². The van der Waals surface area contributed by atoms with Crippen molar-refractivity contribution in [2.75, 3.05) is 0 Å². The second-order valence-electron chi connectivity index (χ2n) is 4.17. The predicted octanol–water partition coefficient (Wildman–Crippen LogP) is 2.75. The Morgan fingerprint density at radius 1 is 1.37 bits per heavy atom. The number of hydrogen-bond donors (Lipinski definition) is 2. The van der Waals surface area contributed by atoms with Crippen LogP contribution in [0.4, 0.5) is 0 Å². The lowest BCUT2D eigenvalue weighted by molar-refractivity contribution is -0.141. The topological polar surface area (TPSA) is 66.4 Å². The normalized spacial score (nSPS) is 12.3. The van der Waals surface area contributed by atoms with Crippen LogP contribution in [-0.2, 0) is 16.0 Å². The van der Waals surface area contributed by atoms with Crippen LogP contribution in [0.1, 0.15) is 12.5 Å². The van der Waals surface area contributed by atoms with Gasteiger partial charge < -0.3 is 10.4 Å². The fourth-order valence-corrected chi connectivity index (χ4v) is 3.37. The second-order valence-corrected chi connectivity index (χ2v) is 6.63. The van der Waals surface area contributed by atoms with E-state index in [2.05, 4.69) is 21.2 Å². The first-order valence-electron chi connectivity index (χ1n) is 5.64. The number of carboxylic acids is 1. The number of halogens is 1. The third-order valence-electron chi connectivity index (χ3n) is 2.74. The van der Waals surface area contributed by atoms with Gasteiger partial charge in [0.15, 0.2) is 0 Å². The average Bonchev–Trinajstić information content (AvgIpc) is 2.70. The zero-order chi connectivity index (χ0) is 14.0. The van der Waals surface area contributed by atoms with E-state index in [0.717, 1.165) is 19.8 Å². The van der Waals surface area contributed by atoms with Crippen molar-refractivity contribution in [2.24, 2.45) is 0 Å². The van der Waals surface area contributed by atoms with Crippen molar-refractivity contribution in [3.63, 3.8) is 0 Å². The van der Waals surface area contributed by atoms with Gasteiger partial charge >= 0.3 is 5.97 Å². The molecule has 1 amide bonds. The molecule has 0 saturated carbocycles. The van der Waals surface area contributed by atoms with Gasteiger partial charge in [-0.05, 0) is 39.2 Å². The molecule has 1 aliphatic carbocycles. The molecule has 0 bridgehead atoms. The molecule has 1 unspecified atom stereocenters. The van der Waals surface area contributed by atoms with Crippen LogP contribution in [0.5, 0.6) is 0 Å². The van der Waals surface area contributed by atoms with Gasteiger partial charge in [0.25, 0.3) is 0 Å². The predicted molar refractivity (Wildman–Crippen MR) is 77.6 cm³/mol. The van der Waals surface area contributed by atoms with Gasteiger partial charge in [-0.3, -0.25) is 4.79 Å². The van der Waals surface area contributed by atoms with Gasteiger partial charge in [-0.25, -0.2) is 4.79 Å². The summed E-state index contributed by atoms with van der Waals surface area (Å²) in [6.07, 6.45) is 0.284. The molecule has 100 valence electrons. The summed E-state index contributed by atoms with van der Waals surface area (Å²) < 4.78 is 1.02. The first-order chi connectivity index (χ1) is 8.97. The lowest BCUT2D eigenvalue weighted by atomic mass is 10.0. The summed E-state index contributed by atoms with van der Waals surface area (Å²) in [5.41, 5.74) is 1.96. The molecule has 2 aliphatic rings. The highest BCUT2D eigenvalue weighted by Gasteiger charge is 2.21. The van der Waals surface area contributed by atoms with E-state index in [1.165, 1.54) is 6.92 Å². The Labute approximate surface area is 122 Å². The molecular formula is C13H12BrNO3S. The summed E-state index contributed by atoms with van der Waals surface area (Å²) in [5.74, 6) is -1.36. The smallest absolute Gasteiger partial charge is 0.326 e. The van der Waals surface area contributed by atoms with Crippen molar-refractivity contribution in [1.82, 2.24) is 5.32 Å². The van der Waals surface area contributed by atoms with E-state index in [1.807, 2.05) is 24.3 Å². The van der Waals surface area contributed by atoms with Crippen LogP contribution in [0.25, 0.3) is 10.4 Å². The lowest BCUT2D eigenvalue weighted by Gasteiger charge is -2.13. The van der Waals surface area contributed by atoms with Gasteiger partial charge in [-0.15, -0.1) is 11.3 Å². The molecule has 1 heterocycles. The molecule has 0 aromatic carbocycles. The first-order valence-corrected chi connectivity index (χ1v) is 7.25. The first kappa shape index (κ1) is 14.0. The maximum absolute atomic E-state index is 11.1. The molecule has 1 atom stereocenters. The van der Waals surface area contributed by atoms with E-state index in [1.54, 1.807) is 11.3 Å². The number of carbonyl (C=O) groups is 2. The van der Waals surface area contributed by atoms with E-state index in [4.69, 9.17) is 5.11 Å². The van der Waals surface area contributed by atoms with Gasteiger partial charge in [-0.2, -0.15) is 0 Å². The zero-order valence-electron chi connectivity index (χ0n) is 10.1. The summed E-state index contributed by atoms with van der Waals surface area (Å²) >= 11 is 5.01. The number of carboxylic acid groups (broad SMARTS) is 1. The highest BCUT2D eigenvalue weighted by atomic mass is 79.9. The highest BCUT2D eigenvalue weighted by molar-refractivity contribution is 9.11. The maximum Gasteiger partial charge on any atom is 0.326 e. The van der Waals surface area contributed by atoms with Crippen LogP contribution in [0, 0.1) is 0 Å². The van der Waals surface area contributed by atoms with E-state index < -0.39 is 12.0 Å². The third kappa shape index (κ3) is 3.33. The molecule has 0 aromatic rings. The molecule has 4 nitrogen and oxygen atoms in total. The van der Waals surface area contributed by atoms with Crippen molar-refractivity contribution in [2.45, 2.75) is 19.4 Å².